The summed E-state index contributed by atoms with van der Waals surface area (Å²) in [5.74, 6) is -0.955. The summed E-state index contributed by atoms with van der Waals surface area (Å²) in [6, 6.07) is 10.1. The molecule has 4 N–H and O–H groups in total. The lowest BCUT2D eigenvalue weighted by atomic mass is 10.2. The van der Waals surface area contributed by atoms with E-state index in [0.29, 0.717) is 17.7 Å². The Hall–Kier alpha value is -3.04. The first-order chi connectivity index (χ1) is 13.0. The summed E-state index contributed by atoms with van der Waals surface area (Å²) in [6.07, 6.45) is 3.39. The first-order valence-corrected chi connectivity index (χ1v) is 9.29. The van der Waals surface area contributed by atoms with Crippen molar-refractivity contribution < 1.29 is 14.4 Å². The van der Waals surface area contributed by atoms with Gasteiger partial charge in [-0.25, -0.2) is 0 Å². The third-order valence-corrected chi connectivity index (χ3v) is 4.26. The van der Waals surface area contributed by atoms with Crippen LogP contribution >= 0.6 is 23.6 Å². The fourth-order valence-corrected chi connectivity index (χ4v) is 2.64. The SMILES string of the molecule is CCC(=O)Nc1ccc(C(=O)NNC(=S)NC(=O)C=Cc2cccs2)cc1. The molecule has 0 aliphatic rings. The maximum absolute atomic E-state index is 12.1. The van der Waals surface area contributed by atoms with Gasteiger partial charge in [-0.15, -0.1) is 11.3 Å². The molecule has 0 radical (unpaired) electrons. The van der Waals surface area contributed by atoms with Gasteiger partial charge in [0.2, 0.25) is 11.8 Å². The molecule has 0 aliphatic carbocycles. The van der Waals surface area contributed by atoms with Gasteiger partial charge in [0.05, 0.1) is 0 Å². The summed E-state index contributed by atoms with van der Waals surface area (Å²) >= 11 is 6.46. The molecule has 2 rings (SSSR count). The minimum Gasteiger partial charge on any atom is -0.326 e. The van der Waals surface area contributed by atoms with Crippen LogP contribution in [0, 0.1) is 0 Å². The van der Waals surface area contributed by atoms with E-state index < -0.39 is 11.8 Å². The number of anilines is 1. The van der Waals surface area contributed by atoms with Gasteiger partial charge in [-0.1, -0.05) is 13.0 Å². The molecule has 7 nitrogen and oxygen atoms in total. The highest BCUT2D eigenvalue weighted by Gasteiger charge is 2.07. The zero-order valence-electron chi connectivity index (χ0n) is 14.4. The largest absolute Gasteiger partial charge is 0.326 e. The molecule has 0 aliphatic heterocycles. The molecule has 0 spiro atoms. The first kappa shape index (κ1) is 20.3. The van der Waals surface area contributed by atoms with E-state index in [2.05, 4.69) is 21.5 Å². The Bertz CT molecular complexity index is 846. The molecule has 0 bridgehead atoms. The van der Waals surface area contributed by atoms with Crippen LogP contribution in [0.2, 0.25) is 0 Å². The van der Waals surface area contributed by atoms with E-state index in [0.717, 1.165) is 4.88 Å². The molecular formula is C18H18N4O3S2. The number of benzene rings is 1. The maximum atomic E-state index is 12.1. The Balaban J connectivity index is 1.78. The van der Waals surface area contributed by atoms with Gasteiger partial charge in [0.1, 0.15) is 0 Å². The van der Waals surface area contributed by atoms with E-state index in [1.54, 1.807) is 37.3 Å². The zero-order valence-corrected chi connectivity index (χ0v) is 16.1. The summed E-state index contributed by atoms with van der Waals surface area (Å²) in [5, 5.41) is 6.99. The van der Waals surface area contributed by atoms with Crippen molar-refractivity contribution in [1.29, 1.82) is 0 Å². The van der Waals surface area contributed by atoms with Gasteiger partial charge in [-0.3, -0.25) is 30.6 Å². The molecule has 140 valence electrons. The number of hydrazine groups is 1. The summed E-state index contributed by atoms with van der Waals surface area (Å²) in [7, 11) is 0. The van der Waals surface area contributed by atoms with Crippen LogP contribution < -0.4 is 21.5 Å². The molecule has 0 unspecified atom stereocenters. The second-order valence-electron chi connectivity index (χ2n) is 5.23. The Morgan fingerprint density at radius 3 is 2.48 bits per heavy atom. The van der Waals surface area contributed by atoms with Crippen molar-refractivity contribution in [3.63, 3.8) is 0 Å². The number of carbonyl (C=O) groups excluding carboxylic acids is 3. The minimum absolute atomic E-state index is 0.0315. The van der Waals surface area contributed by atoms with E-state index in [4.69, 9.17) is 12.2 Å². The third-order valence-electron chi connectivity index (χ3n) is 3.22. The summed E-state index contributed by atoms with van der Waals surface area (Å²) in [6.45, 7) is 1.75. The number of thiocarbonyl (C=S) groups is 1. The van der Waals surface area contributed by atoms with Gasteiger partial charge >= 0.3 is 0 Å². The number of hydrogen-bond donors (Lipinski definition) is 4. The van der Waals surface area contributed by atoms with Gasteiger partial charge in [-0.05, 0) is 54.0 Å². The van der Waals surface area contributed by atoms with Crippen LogP contribution in [0.25, 0.3) is 6.08 Å². The lowest BCUT2D eigenvalue weighted by Gasteiger charge is -2.10. The quantitative estimate of drug-likeness (QED) is 0.350. The predicted octanol–water partition coefficient (Wildman–Crippen LogP) is 2.45. The van der Waals surface area contributed by atoms with Crippen LogP contribution in [-0.4, -0.2) is 22.8 Å². The normalized spacial score (nSPS) is 10.3. The van der Waals surface area contributed by atoms with Crippen molar-refractivity contribution in [2.24, 2.45) is 0 Å². The molecule has 1 aromatic carbocycles. The van der Waals surface area contributed by atoms with E-state index in [1.165, 1.54) is 17.4 Å². The Labute approximate surface area is 165 Å². The topological polar surface area (TPSA) is 99.3 Å². The van der Waals surface area contributed by atoms with Gasteiger partial charge in [-0.2, -0.15) is 0 Å². The van der Waals surface area contributed by atoms with Crippen LogP contribution in [0.1, 0.15) is 28.6 Å². The number of nitrogens with one attached hydrogen (secondary N) is 4. The van der Waals surface area contributed by atoms with Gasteiger partial charge < -0.3 is 5.32 Å². The van der Waals surface area contributed by atoms with Crippen LogP contribution in [0.4, 0.5) is 5.69 Å². The lowest BCUT2D eigenvalue weighted by molar-refractivity contribution is -0.116. The van der Waals surface area contributed by atoms with E-state index in [-0.39, 0.29) is 11.0 Å². The average Bonchev–Trinajstić information content (AvgIpc) is 3.18. The minimum atomic E-state index is -0.436. The first-order valence-electron chi connectivity index (χ1n) is 8.00. The van der Waals surface area contributed by atoms with E-state index in [1.807, 2.05) is 17.5 Å². The summed E-state index contributed by atoms with van der Waals surface area (Å²) in [4.78, 5) is 36.1. The Morgan fingerprint density at radius 1 is 1.11 bits per heavy atom. The van der Waals surface area contributed by atoms with Crippen molar-refractivity contribution in [3.05, 3.63) is 58.3 Å². The Morgan fingerprint density at radius 2 is 1.85 bits per heavy atom. The molecule has 0 saturated heterocycles. The van der Waals surface area contributed by atoms with E-state index >= 15 is 0 Å². The molecule has 2 aromatic rings. The molecule has 1 heterocycles. The van der Waals surface area contributed by atoms with Crippen molar-refractivity contribution >= 4 is 58.2 Å². The molecule has 27 heavy (non-hydrogen) atoms. The van der Waals surface area contributed by atoms with Crippen LogP contribution in [-0.2, 0) is 9.59 Å². The molecule has 3 amide bonds. The molecule has 9 heteroatoms. The summed E-state index contributed by atoms with van der Waals surface area (Å²) < 4.78 is 0. The highest BCUT2D eigenvalue weighted by molar-refractivity contribution is 7.80. The third kappa shape index (κ3) is 7.00. The second kappa shape index (κ2) is 10.2. The van der Waals surface area contributed by atoms with Crippen molar-refractivity contribution in [3.8, 4) is 0 Å². The highest BCUT2D eigenvalue weighted by atomic mass is 32.1. The van der Waals surface area contributed by atoms with Crippen LogP contribution in [0.3, 0.4) is 0 Å². The van der Waals surface area contributed by atoms with Gasteiger partial charge in [0, 0.05) is 28.6 Å². The maximum Gasteiger partial charge on any atom is 0.269 e. The number of thiophene rings is 1. The fraction of sp³-hybridized carbons (Fsp3) is 0.111. The van der Waals surface area contributed by atoms with E-state index in [9.17, 15) is 14.4 Å². The van der Waals surface area contributed by atoms with Gasteiger partial charge in [0.15, 0.2) is 5.11 Å². The fourth-order valence-electron chi connectivity index (χ4n) is 1.87. The number of amides is 3. The van der Waals surface area contributed by atoms with Crippen molar-refractivity contribution in [2.45, 2.75) is 13.3 Å². The molecule has 0 saturated carbocycles. The van der Waals surface area contributed by atoms with Crippen LogP contribution in [0.15, 0.2) is 47.9 Å². The average molecular weight is 403 g/mol. The predicted molar refractivity (Wildman–Crippen MR) is 110 cm³/mol. The zero-order chi connectivity index (χ0) is 19.6. The standard InChI is InChI=1S/C18H18N4O3S2/c1-2-15(23)19-13-7-5-12(6-8-13)17(25)21-22-18(26)20-16(24)10-9-14-4-3-11-27-14/h3-11H,2H2,1H3,(H,19,23)(H,21,25)(H2,20,22,24,26). The second-order valence-corrected chi connectivity index (χ2v) is 6.61. The van der Waals surface area contributed by atoms with Crippen molar-refractivity contribution in [1.82, 2.24) is 16.2 Å². The molecule has 0 fully saturated rings. The summed E-state index contributed by atoms with van der Waals surface area (Å²) in [5.41, 5.74) is 5.82. The van der Waals surface area contributed by atoms with Gasteiger partial charge in [0.25, 0.3) is 5.91 Å². The molecule has 1 aromatic heterocycles. The number of hydrogen-bond acceptors (Lipinski definition) is 5. The Kier molecular flexibility index (Phi) is 7.65. The highest BCUT2D eigenvalue weighted by Crippen LogP contribution is 2.10. The lowest BCUT2D eigenvalue weighted by Crippen LogP contribution is -2.48. The monoisotopic (exact) mass is 402 g/mol. The molecular weight excluding hydrogens is 384 g/mol. The number of rotatable bonds is 5. The molecule has 0 atom stereocenters. The number of carbonyl (C=O) groups is 3. The smallest absolute Gasteiger partial charge is 0.269 e. The van der Waals surface area contributed by atoms with Crippen LogP contribution in [0.5, 0.6) is 0 Å². The van der Waals surface area contributed by atoms with Crippen molar-refractivity contribution in [2.75, 3.05) is 5.32 Å².